The van der Waals surface area contributed by atoms with Gasteiger partial charge in [-0.2, -0.15) is 0 Å². The fourth-order valence-electron chi connectivity index (χ4n) is 17.6. The maximum absolute atomic E-state index is 5.73. The van der Waals surface area contributed by atoms with Crippen LogP contribution in [0, 0.1) is 0 Å². The largest absolute Gasteiger partial charge is 0.309 e. The summed E-state index contributed by atoms with van der Waals surface area (Å²) < 4.78 is 7.37. The topological polar surface area (TPSA) is 40.6 Å². The minimum atomic E-state index is -0.123. The summed E-state index contributed by atoms with van der Waals surface area (Å²) in [5, 5.41) is 8.64. The second-order valence-corrected chi connectivity index (χ2v) is 28.0. The lowest BCUT2D eigenvalue weighted by Crippen LogP contribution is -2.14. The molecule has 0 spiro atoms. The maximum atomic E-state index is 5.73. The third-order valence-corrected chi connectivity index (χ3v) is 22.0. The highest BCUT2D eigenvalue weighted by Gasteiger charge is 2.40. The lowest BCUT2D eigenvalue weighted by molar-refractivity contribution is 0.660. The molecule has 0 fully saturated rings. The summed E-state index contributed by atoms with van der Waals surface area (Å²) in [4.78, 5) is 11.2. The Morgan fingerprint density at radius 3 is 1.11 bits per heavy atom. The molecule has 0 saturated heterocycles. The van der Waals surface area contributed by atoms with Gasteiger partial charge in [0, 0.05) is 82.1 Å². The van der Waals surface area contributed by atoms with E-state index in [9.17, 15) is 0 Å². The smallest absolute Gasteiger partial charge is 0.160 e. The summed E-state index contributed by atoms with van der Waals surface area (Å²) in [5.74, 6) is 0.672. The van der Waals surface area contributed by atoms with Gasteiger partial charge in [0.05, 0.1) is 44.3 Å². The Morgan fingerprint density at radius 2 is 0.638 bits per heavy atom. The number of benzene rings is 13. The number of hydrogen-bond donors (Lipinski definition) is 0. The molecule has 4 heterocycles. The van der Waals surface area contributed by atoms with Gasteiger partial charge in [-0.05, 0) is 175 Å². The summed E-state index contributed by atoms with van der Waals surface area (Å²) in [6.07, 6.45) is 0. The molecule has 0 atom stereocenters. The molecule has 3 aliphatic rings. The number of rotatable bonds is 6. The van der Waals surface area contributed by atoms with Gasteiger partial charge in [0.15, 0.2) is 5.82 Å². The van der Waals surface area contributed by atoms with E-state index in [4.69, 9.17) is 9.97 Å². The van der Waals surface area contributed by atoms with Gasteiger partial charge in [0.1, 0.15) is 0 Å². The zero-order valence-electron chi connectivity index (χ0n) is 53.2. The average molecular weight is 1200 g/mol. The SMILES string of the molecule is CC1(C)c2ccccc2-c2c1ccc1c2c2ccccc2n1-c1ccc(-c2nc(-c3cccc(-n4c5ccccc5c5c6c(ccc54)C(C)(C)c4ccccc4-6)c3)c3cc(-c4cccc(-n5c6ccccc6c6c7c(ccc65)C(C)(C)c5ccccc5-7)c4)ccc3n2)cc1. The first-order valence-corrected chi connectivity index (χ1v) is 33.1. The van der Waals surface area contributed by atoms with Crippen LogP contribution in [0.4, 0.5) is 0 Å². The quantitative estimate of drug-likeness (QED) is 0.166. The fraction of sp³-hybridized carbons (Fsp3) is 0.101. The van der Waals surface area contributed by atoms with Gasteiger partial charge in [0.2, 0.25) is 0 Å². The van der Waals surface area contributed by atoms with Crippen LogP contribution in [0.2, 0.25) is 0 Å². The first-order chi connectivity index (χ1) is 45.9. The summed E-state index contributed by atoms with van der Waals surface area (Å²) in [6, 6.07) is 102. The van der Waals surface area contributed by atoms with E-state index in [1.54, 1.807) is 0 Å². The third-order valence-electron chi connectivity index (χ3n) is 22.0. The van der Waals surface area contributed by atoms with Crippen LogP contribution in [0.1, 0.15) is 74.9 Å². The van der Waals surface area contributed by atoms with E-state index in [0.29, 0.717) is 5.82 Å². The first-order valence-electron chi connectivity index (χ1n) is 33.1. The number of hydrogen-bond acceptors (Lipinski definition) is 2. The minimum absolute atomic E-state index is 0.102. The Hall–Kier alpha value is -11.4. The van der Waals surface area contributed by atoms with Crippen LogP contribution in [-0.2, 0) is 16.2 Å². The minimum Gasteiger partial charge on any atom is -0.309 e. The van der Waals surface area contributed by atoms with E-state index in [-0.39, 0.29) is 16.2 Å². The highest BCUT2D eigenvalue weighted by atomic mass is 15.0. The maximum Gasteiger partial charge on any atom is 0.160 e. The van der Waals surface area contributed by atoms with Gasteiger partial charge < -0.3 is 13.7 Å². The number of aromatic nitrogens is 5. The molecule has 13 aromatic carbocycles. The Balaban J connectivity index is 0.760. The van der Waals surface area contributed by atoms with Crippen molar-refractivity contribution < 1.29 is 0 Å². The van der Waals surface area contributed by atoms with E-state index in [2.05, 4.69) is 328 Å². The van der Waals surface area contributed by atoms with Gasteiger partial charge in [-0.1, -0.05) is 217 Å². The molecular formula is C89H63N5. The standard InChI is InChI=1S/C89H63N5/c1-87(2)66-31-13-7-25-59(66)79-69(87)42-46-76-82(79)62-28-10-16-34-73(62)92(76)56-40-37-52(38-41-56)86-90-72-45-39-54(53-21-19-23-57(49-53)93-74-35-17-11-29-63(74)83-77(93)47-43-70-80(83)60-26-8-14-32-67(60)88(70,3)4)51-65(72)85(91-86)55-22-20-24-58(50-55)94-75-36-18-12-30-64(75)84-78(94)48-44-71-81(84)61-27-9-15-33-68(61)89(71,5)6/h7-51H,1-6H3. The molecule has 94 heavy (non-hydrogen) atoms. The van der Waals surface area contributed by atoms with Crippen molar-refractivity contribution >= 4 is 76.3 Å². The van der Waals surface area contributed by atoms with Crippen molar-refractivity contribution in [2.75, 3.05) is 0 Å². The predicted octanol–water partition coefficient (Wildman–Crippen LogP) is 22.8. The van der Waals surface area contributed by atoms with Gasteiger partial charge in [-0.25, -0.2) is 9.97 Å². The summed E-state index contributed by atoms with van der Waals surface area (Å²) in [6.45, 7) is 14.2. The molecule has 0 bridgehead atoms. The molecule has 0 aliphatic heterocycles. The Morgan fingerprint density at radius 1 is 0.255 bits per heavy atom. The molecule has 0 unspecified atom stereocenters. The van der Waals surface area contributed by atoms with Crippen molar-refractivity contribution in [1.29, 1.82) is 0 Å². The highest BCUT2D eigenvalue weighted by molar-refractivity contribution is 6.21. The summed E-state index contributed by atoms with van der Waals surface area (Å²) in [7, 11) is 0. The molecule has 444 valence electrons. The van der Waals surface area contributed by atoms with E-state index in [1.807, 2.05) is 0 Å². The van der Waals surface area contributed by atoms with Crippen molar-refractivity contribution in [3.8, 4) is 84.2 Å². The predicted molar refractivity (Wildman–Crippen MR) is 392 cm³/mol. The number of nitrogens with zero attached hydrogens (tertiary/aromatic N) is 5. The van der Waals surface area contributed by atoms with Crippen molar-refractivity contribution in [3.63, 3.8) is 0 Å². The second-order valence-electron chi connectivity index (χ2n) is 28.0. The lowest BCUT2D eigenvalue weighted by atomic mass is 9.82. The van der Waals surface area contributed by atoms with Gasteiger partial charge in [0.25, 0.3) is 0 Å². The molecule has 0 amide bonds. The van der Waals surface area contributed by atoms with Crippen LogP contribution in [0.15, 0.2) is 273 Å². The lowest BCUT2D eigenvalue weighted by Gasteiger charge is -2.21. The molecule has 0 radical (unpaired) electrons. The Bertz CT molecular complexity index is 6200. The third kappa shape index (κ3) is 7.08. The van der Waals surface area contributed by atoms with Crippen molar-refractivity contribution in [1.82, 2.24) is 23.7 Å². The van der Waals surface area contributed by atoms with E-state index in [0.717, 1.165) is 55.9 Å². The zero-order chi connectivity index (χ0) is 62.7. The molecule has 3 aliphatic carbocycles. The molecule has 17 aromatic rings. The zero-order valence-corrected chi connectivity index (χ0v) is 53.2. The second kappa shape index (κ2) is 18.9. The van der Waals surface area contributed by atoms with Crippen LogP contribution in [-0.4, -0.2) is 23.7 Å². The molecule has 0 N–H and O–H groups in total. The van der Waals surface area contributed by atoms with Crippen LogP contribution in [0.25, 0.3) is 161 Å². The van der Waals surface area contributed by atoms with Crippen LogP contribution >= 0.6 is 0 Å². The normalized spacial score (nSPS) is 14.5. The average Bonchev–Trinajstić information content (AvgIpc) is 1.55. The molecule has 4 aromatic heterocycles. The Kier molecular flexibility index (Phi) is 10.7. The molecule has 0 saturated carbocycles. The summed E-state index contributed by atoms with van der Waals surface area (Å²) >= 11 is 0. The Labute approximate surface area is 545 Å². The van der Waals surface area contributed by atoms with Crippen molar-refractivity contribution in [2.45, 2.75) is 57.8 Å². The highest BCUT2D eigenvalue weighted by Crippen LogP contribution is 2.57. The van der Waals surface area contributed by atoms with Gasteiger partial charge in [-0.3, -0.25) is 0 Å². The monoisotopic (exact) mass is 1200 g/mol. The van der Waals surface area contributed by atoms with E-state index in [1.165, 1.54) is 132 Å². The molecule has 5 nitrogen and oxygen atoms in total. The van der Waals surface area contributed by atoms with Crippen LogP contribution < -0.4 is 0 Å². The van der Waals surface area contributed by atoms with Gasteiger partial charge >= 0.3 is 0 Å². The first kappa shape index (κ1) is 53.3. The molecular weight excluding hydrogens is 1140 g/mol. The number of fused-ring (bicyclic) bond motifs is 22. The molecule has 20 rings (SSSR count). The van der Waals surface area contributed by atoms with Gasteiger partial charge in [-0.15, -0.1) is 0 Å². The van der Waals surface area contributed by atoms with E-state index >= 15 is 0 Å². The van der Waals surface area contributed by atoms with Crippen molar-refractivity contribution in [3.05, 3.63) is 306 Å². The summed E-state index contributed by atoms with van der Waals surface area (Å²) in [5.41, 5.74) is 32.3. The van der Waals surface area contributed by atoms with Crippen LogP contribution in [0.5, 0.6) is 0 Å². The fourth-order valence-corrected chi connectivity index (χ4v) is 17.6. The van der Waals surface area contributed by atoms with E-state index < -0.39 is 0 Å². The van der Waals surface area contributed by atoms with Crippen molar-refractivity contribution in [2.24, 2.45) is 0 Å². The molecule has 5 heteroatoms. The van der Waals surface area contributed by atoms with Crippen LogP contribution in [0.3, 0.4) is 0 Å². The number of para-hydroxylation sites is 3.